The molecule has 0 rings (SSSR count). The Balaban J connectivity index is 0. The molecule has 0 aliphatic carbocycles. The molecule has 0 amide bonds. The van der Waals surface area contributed by atoms with Crippen molar-refractivity contribution in [3.63, 3.8) is 0 Å². The van der Waals surface area contributed by atoms with Gasteiger partial charge >= 0.3 is 18.0 Å². The molecule has 4 heavy (non-hydrogen) atoms. The van der Waals surface area contributed by atoms with E-state index in [1.165, 1.54) is 6.01 Å². The second-order valence-corrected chi connectivity index (χ2v) is 0.125. The van der Waals surface area contributed by atoms with Crippen LogP contribution in [0.1, 0.15) is 0 Å². The normalized spacial score (nSPS) is 2.00. The van der Waals surface area contributed by atoms with Crippen molar-refractivity contribution in [2.45, 2.75) is 0 Å². The fourth-order valence-electron chi connectivity index (χ4n) is 0. The van der Waals surface area contributed by atoms with Crippen LogP contribution in [0.25, 0.3) is 0 Å². The molecule has 0 aliphatic heterocycles. The van der Waals surface area contributed by atoms with Crippen molar-refractivity contribution >= 4 is 24.0 Å². The number of hydrogen-bond donors (Lipinski definition) is 2. The van der Waals surface area contributed by atoms with Gasteiger partial charge in [-0.25, -0.2) is 10.8 Å². The van der Waals surface area contributed by atoms with E-state index in [9.17, 15) is 0 Å². The third kappa shape index (κ3) is 450. The van der Waals surface area contributed by atoms with E-state index in [-0.39, 0.29) is 18.0 Å². The Kier molecular flexibility index (Phi) is 28.4. The fraction of sp³-hybridized carbons (Fsp3) is 0. The summed E-state index contributed by atoms with van der Waals surface area (Å²) in [7, 11) is 0. The molecule has 2 nitrogen and oxygen atoms in total. The van der Waals surface area contributed by atoms with Crippen LogP contribution in [0.15, 0.2) is 0 Å². The predicted octanol–water partition coefficient (Wildman–Crippen LogP) is -0.866. The van der Waals surface area contributed by atoms with Crippen molar-refractivity contribution in [1.29, 1.82) is 10.8 Å². The summed E-state index contributed by atoms with van der Waals surface area (Å²) >= 11 is 0. The Morgan fingerprint density at radius 1 is 1.25 bits per heavy atom. The van der Waals surface area contributed by atoms with E-state index >= 15 is 0 Å². The van der Waals surface area contributed by atoms with Gasteiger partial charge in [0.05, 0.1) is 6.01 Å². The molecule has 2 N–H and O–H groups in total. The standard InChI is InChI=1S/CH2N2.AsH3/c2-1-3;/h2-3H;1H3. The molecule has 0 spiro atoms. The van der Waals surface area contributed by atoms with Crippen molar-refractivity contribution in [3.05, 3.63) is 0 Å². The molecule has 0 aromatic rings. The zero-order valence-corrected chi connectivity index (χ0v) is 5.17. The summed E-state index contributed by atoms with van der Waals surface area (Å²) < 4.78 is 0. The third-order valence-corrected chi connectivity index (χ3v) is 0. The molecule has 0 saturated carbocycles. The number of rotatable bonds is 0. The molecule has 1 atom stereocenters. The number of hydrogen-bond acceptors (Lipinski definition) is 2. The molecular formula is CH5AsN2. The number of nitrogens with one attached hydrogen (secondary N) is 2. The topological polar surface area (TPSA) is 47.7 Å². The Morgan fingerprint density at radius 2 is 1.25 bits per heavy atom. The summed E-state index contributed by atoms with van der Waals surface area (Å²) in [4.78, 5) is 0. The van der Waals surface area contributed by atoms with Crippen molar-refractivity contribution in [2.24, 2.45) is 0 Å². The van der Waals surface area contributed by atoms with Gasteiger partial charge in [-0.1, -0.05) is 0 Å². The van der Waals surface area contributed by atoms with Crippen LogP contribution < -0.4 is 0 Å². The first-order valence-corrected chi connectivity index (χ1v) is 0.500. The summed E-state index contributed by atoms with van der Waals surface area (Å²) in [5.74, 6) is 0. The monoisotopic (exact) mass is 120 g/mol. The molecule has 0 bridgehead atoms. The summed E-state index contributed by atoms with van der Waals surface area (Å²) in [6, 6.07) is 1.25. The molecule has 1 unspecified atom stereocenters. The summed E-state index contributed by atoms with van der Waals surface area (Å²) in [5, 5.41) is 11.2. The van der Waals surface area contributed by atoms with E-state index < -0.39 is 0 Å². The van der Waals surface area contributed by atoms with Gasteiger partial charge in [0.25, 0.3) is 0 Å². The van der Waals surface area contributed by atoms with E-state index in [1.807, 2.05) is 0 Å². The van der Waals surface area contributed by atoms with Crippen LogP contribution >= 0.6 is 0 Å². The van der Waals surface area contributed by atoms with Crippen LogP contribution in [0.3, 0.4) is 0 Å². The molecule has 0 heterocycles. The zero-order valence-electron chi connectivity index (χ0n) is 2.21. The van der Waals surface area contributed by atoms with Crippen LogP contribution in [0.4, 0.5) is 0 Å². The second kappa shape index (κ2) is 12.5. The maximum atomic E-state index is 5.62. The fourth-order valence-corrected chi connectivity index (χ4v) is 0. The summed E-state index contributed by atoms with van der Waals surface area (Å²) in [5.41, 5.74) is 0. The van der Waals surface area contributed by atoms with Crippen LogP contribution in [0.2, 0.25) is 0 Å². The first-order chi connectivity index (χ1) is 1.41. The van der Waals surface area contributed by atoms with Gasteiger partial charge in [0.2, 0.25) is 0 Å². The van der Waals surface area contributed by atoms with Gasteiger partial charge in [-0.15, -0.1) is 0 Å². The molecule has 0 radical (unpaired) electrons. The average Bonchev–Trinajstić information content (AvgIpc) is 0.918. The molecule has 24 valence electrons. The minimum absolute atomic E-state index is 0. The van der Waals surface area contributed by atoms with Gasteiger partial charge in [0, 0.05) is 0 Å². The zero-order chi connectivity index (χ0) is 2.71. The molecule has 0 aromatic carbocycles. The van der Waals surface area contributed by atoms with Gasteiger partial charge in [-0.05, 0) is 0 Å². The third-order valence-electron chi connectivity index (χ3n) is 0. The molecular weight excluding hydrogens is 115 g/mol. The van der Waals surface area contributed by atoms with Crippen molar-refractivity contribution < 1.29 is 0 Å². The molecule has 0 fully saturated rings. The van der Waals surface area contributed by atoms with Crippen LogP contribution in [0, 0.1) is 10.8 Å². The summed E-state index contributed by atoms with van der Waals surface area (Å²) in [6.45, 7) is 0. The predicted molar refractivity (Wildman–Crippen MR) is 20.4 cm³/mol. The average molecular weight is 120 g/mol. The van der Waals surface area contributed by atoms with Gasteiger partial charge in [-0.2, -0.15) is 0 Å². The molecule has 0 aliphatic rings. The van der Waals surface area contributed by atoms with Gasteiger partial charge in [0.1, 0.15) is 0 Å². The Bertz CT molecular complexity index is 27.0. The maximum absolute atomic E-state index is 5.62. The second-order valence-electron chi connectivity index (χ2n) is 0.125. The van der Waals surface area contributed by atoms with E-state index in [2.05, 4.69) is 0 Å². The Labute approximate surface area is 35.5 Å². The first kappa shape index (κ1) is 9.05. The molecule has 3 heteroatoms. The van der Waals surface area contributed by atoms with Crippen molar-refractivity contribution in [2.75, 3.05) is 0 Å². The van der Waals surface area contributed by atoms with E-state index in [4.69, 9.17) is 10.8 Å². The van der Waals surface area contributed by atoms with E-state index in [1.54, 1.807) is 0 Å². The Hall–Kier alpha value is -0.0616. The minimum atomic E-state index is 0. The quantitative estimate of drug-likeness (QED) is 0.308. The van der Waals surface area contributed by atoms with Gasteiger partial charge in [0.15, 0.2) is 0 Å². The molecule has 0 saturated heterocycles. The summed E-state index contributed by atoms with van der Waals surface area (Å²) in [6.07, 6.45) is 0. The van der Waals surface area contributed by atoms with E-state index in [0.29, 0.717) is 0 Å². The van der Waals surface area contributed by atoms with Crippen molar-refractivity contribution in [3.8, 4) is 0 Å². The van der Waals surface area contributed by atoms with Crippen LogP contribution in [-0.4, -0.2) is 24.0 Å². The van der Waals surface area contributed by atoms with Crippen molar-refractivity contribution in [1.82, 2.24) is 0 Å². The van der Waals surface area contributed by atoms with Gasteiger partial charge < -0.3 is 0 Å². The Morgan fingerprint density at radius 3 is 1.25 bits per heavy atom. The SMILES string of the molecule is N=C=N.[AsH3]. The first-order valence-electron chi connectivity index (χ1n) is 0.500. The van der Waals surface area contributed by atoms with E-state index in [0.717, 1.165) is 0 Å². The van der Waals surface area contributed by atoms with Gasteiger partial charge in [-0.3, -0.25) is 0 Å². The van der Waals surface area contributed by atoms with Crippen LogP contribution in [-0.2, 0) is 0 Å². The van der Waals surface area contributed by atoms with Crippen LogP contribution in [0.5, 0.6) is 0 Å². The molecule has 0 aromatic heterocycles.